The Kier molecular flexibility index (Phi) is 3.89. The number of hydrogen-bond donors (Lipinski definition) is 0. The molecule has 7 heteroatoms. The number of carbonyl (C=O) groups is 2. The quantitative estimate of drug-likeness (QED) is 0.470. The normalized spacial score (nSPS) is 19.0. The molecule has 0 radical (unpaired) electrons. The van der Waals surface area contributed by atoms with Crippen LogP contribution < -0.4 is 0 Å². The molecule has 2 rings (SSSR count). The molecule has 0 aliphatic carbocycles. The van der Waals surface area contributed by atoms with E-state index in [2.05, 4.69) is 20.9 Å². The Labute approximate surface area is 122 Å². The molecule has 20 heavy (non-hydrogen) atoms. The summed E-state index contributed by atoms with van der Waals surface area (Å²) >= 11 is 3.01. The van der Waals surface area contributed by atoms with Gasteiger partial charge in [0.2, 0.25) is 0 Å². The lowest BCUT2D eigenvalue weighted by Crippen LogP contribution is -2.46. The monoisotopic (exact) mass is 343 g/mol. The van der Waals surface area contributed by atoms with Gasteiger partial charge in [0.05, 0.1) is 10.2 Å². The van der Waals surface area contributed by atoms with E-state index in [1.54, 1.807) is 0 Å². The Balaban J connectivity index is 2.16. The second-order valence-corrected chi connectivity index (χ2v) is 5.45. The maximum atomic E-state index is 13.3. The van der Waals surface area contributed by atoms with Crippen molar-refractivity contribution >= 4 is 39.8 Å². The molecular weight excluding hydrogens is 333 g/mol. The fraction of sp³-hybridized carbons (Fsp3) is 0.308. The lowest BCUT2D eigenvalue weighted by atomic mass is 10.1. The molecule has 0 N–H and O–H groups in total. The number of benzene rings is 1. The molecule has 1 heterocycles. The second-order valence-electron chi connectivity index (χ2n) is 4.60. The Morgan fingerprint density at radius 2 is 1.90 bits per heavy atom. The third-order valence-corrected chi connectivity index (χ3v) is 3.12. The second kappa shape index (κ2) is 5.32. The van der Waals surface area contributed by atoms with Gasteiger partial charge in [-0.25, -0.2) is 4.39 Å². The highest BCUT2D eigenvalue weighted by Gasteiger charge is 2.42. The number of rotatable bonds is 2. The average molecular weight is 344 g/mol. The summed E-state index contributed by atoms with van der Waals surface area (Å²) in [5.74, 6) is -4.49. The maximum absolute atomic E-state index is 13.3. The van der Waals surface area contributed by atoms with Crippen LogP contribution in [0.3, 0.4) is 0 Å². The molecule has 1 aromatic rings. The van der Waals surface area contributed by atoms with Crippen molar-refractivity contribution in [1.29, 1.82) is 0 Å². The number of aliphatic imine (C=N–C) groups is 1. The first-order valence-corrected chi connectivity index (χ1v) is 6.53. The summed E-state index contributed by atoms with van der Waals surface area (Å²) in [7, 11) is 0. The topological polar surface area (TPSA) is 65.0 Å². The molecule has 1 aliphatic heterocycles. The van der Waals surface area contributed by atoms with E-state index >= 15 is 0 Å². The van der Waals surface area contributed by atoms with Gasteiger partial charge in [0.1, 0.15) is 5.82 Å². The molecule has 1 saturated heterocycles. The van der Waals surface area contributed by atoms with Crippen molar-refractivity contribution < 1.29 is 23.5 Å². The molecule has 0 amide bonds. The number of cyclic esters (lactones) is 2. The molecule has 0 unspecified atom stereocenters. The largest absolute Gasteiger partial charge is 0.422 e. The third kappa shape index (κ3) is 3.22. The molecular formula is C13H11BrFNO4. The van der Waals surface area contributed by atoms with Crippen LogP contribution in [-0.4, -0.2) is 23.9 Å². The van der Waals surface area contributed by atoms with Crippen molar-refractivity contribution in [3.8, 4) is 0 Å². The van der Waals surface area contributed by atoms with Gasteiger partial charge in [-0.1, -0.05) is 0 Å². The van der Waals surface area contributed by atoms with Gasteiger partial charge in [0.25, 0.3) is 5.79 Å². The predicted molar refractivity (Wildman–Crippen MR) is 72.0 cm³/mol. The smallest absolute Gasteiger partial charge is 0.329 e. The molecule has 0 atom stereocenters. The molecule has 0 saturated carbocycles. The number of nitrogens with zero attached hydrogens (tertiary/aromatic N) is 1. The van der Waals surface area contributed by atoms with Crippen molar-refractivity contribution in [2.75, 3.05) is 0 Å². The number of halogens is 2. The van der Waals surface area contributed by atoms with Crippen molar-refractivity contribution in [3.63, 3.8) is 0 Å². The lowest BCUT2D eigenvalue weighted by molar-refractivity contribution is -0.235. The first kappa shape index (κ1) is 14.6. The zero-order valence-electron chi connectivity index (χ0n) is 10.7. The summed E-state index contributed by atoms with van der Waals surface area (Å²) in [6.45, 7) is 2.92. The van der Waals surface area contributed by atoms with Gasteiger partial charge >= 0.3 is 11.9 Å². The minimum Gasteiger partial charge on any atom is -0.422 e. The summed E-state index contributed by atoms with van der Waals surface area (Å²) in [6, 6.07) is 4.18. The molecule has 1 aromatic carbocycles. The minimum absolute atomic E-state index is 0.274. The fourth-order valence-corrected chi connectivity index (χ4v) is 1.82. The van der Waals surface area contributed by atoms with E-state index in [0.29, 0.717) is 4.47 Å². The summed E-state index contributed by atoms with van der Waals surface area (Å²) in [4.78, 5) is 27.2. The van der Waals surface area contributed by atoms with E-state index in [1.807, 2.05) is 0 Å². The SMILES string of the molecule is CC1(C)OC(=O)C(C=Nc2ccc(Br)c(F)c2)C(=O)O1. The zero-order valence-corrected chi connectivity index (χ0v) is 12.3. The van der Waals surface area contributed by atoms with E-state index in [4.69, 9.17) is 9.47 Å². The van der Waals surface area contributed by atoms with Crippen LogP contribution in [0.5, 0.6) is 0 Å². The summed E-state index contributed by atoms with van der Waals surface area (Å²) in [5.41, 5.74) is 0.274. The lowest BCUT2D eigenvalue weighted by Gasteiger charge is -2.31. The van der Waals surface area contributed by atoms with Crippen molar-refractivity contribution in [3.05, 3.63) is 28.5 Å². The van der Waals surface area contributed by atoms with E-state index in [-0.39, 0.29) is 5.69 Å². The van der Waals surface area contributed by atoms with Crippen LogP contribution in [0.2, 0.25) is 0 Å². The number of carbonyl (C=O) groups excluding carboxylic acids is 2. The Morgan fingerprint density at radius 1 is 1.30 bits per heavy atom. The summed E-state index contributed by atoms with van der Waals surface area (Å²) in [6.07, 6.45) is 1.09. The van der Waals surface area contributed by atoms with Crippen LogP contribution in [0.4, 0.5) is 10.1 Å². The Morgan fingerprint density at radius 3 is 2.45 bits per heavy atom. The van der Waals surface area contributed by atoms with Gasteiger partial charge in [-0.05, 0) is 28.1 Å². The first-order valence-electron chi connectivity index (χ1n) is 5.73. The highest BCUT2D eigenvalue weighted by Crippen LogP contribution is 2.24. The van der Waals surface area contributed by atoms with Gasteiger partial charge in [-0.2, -0.15) is 0 Å². The predicted octanol–water partition coefficient (Wildman–Crippen LogP) is 2.74. The fourth-order valence-electron chi connectivity index (χ4n) is 1.58. The molecule has 5 nitrogen and oxygen atoms in total. The number of hydrogen-bond acceptors (Lipinski definition) is 5. The highest BCUT2D eigenvalue weighted by molar-refractivity contribution is 9.10. The Bertz CT molecular complexity index is 580. The Hall–Kier alpha value is -1.76. The molecule has 0 aromatic heterocycles. The number of ether oxygens (including phenoxy) is 2. The van der Waals surface area contributed by atoms with Crippen molar-refractivity contribution in [2.24, 2.45) is 10.9 Å². The van der Waals surface area contributed by atoms with Gasteiger partial charge < -0.3 is 9.47 Å². The summed E-state index contributed by atoms with van der Waals surface area (Å²) < 4.78 is 23.5. The maximum Gasteiger partial charge on any atom is 0.329 e. The molecule has 0 bridgehead atoms. The van der Waals surface area contributed by atoms with Gasteiger partial charge in [-0.3, -0.25) is 14.6 Å². The van der Waals surface area contributed by atoms with E-state index in [1.165, 1.54) is 32.0 Å². The van der Waals surface area contributed by atoms with Gasteiger partial charge in [0.15, 0.2) is 5.92 Å². The van der Waals surface area contributed by atoms with E-state index in [9.17, 15) is 14.0 Å². The minimum atomic E-state index is -1.28. The highest BCUT2D eigenvalue weighted by atomic mass is 79.9. The summed E-state index contributed by atoms with van der Waals surface area (Å²) in [5, 5.41) is 0. The van der Waals surface area contributed by atoms with Crippen molar-refractivity contribution in [1.82, 2.24) is 0 Å². The molecule has 1 fully saturated rings. The average Bonchev–Trinajstić information content (AvgIpc) is 2.31. The van der Waals surface area contributed by atoms with Crippen LogP contribution in [0.1, 0.15) is 13.8 Å². The van der Waals surface area contributed by atoms with Gasteiger partial charge in [-0.15, -0.1) is 0 Å². The van der Waals surface area contributed by atoms with Crippen LogP contribution >= 0.6 is 15.9 Å². The molecule has 1 aliphatic rings. The van der Waals surface area contributed by atoms with Crippen LogP contribution in [0.15, 0.2) is 27.7 Å². The molecule has 0 spiro atoms. The van der Waals surface area contributed by atoms with Crippen LogP contribution in [0, 0.1) is 11.7 Å². The van der Waals surface area contributed by atoms with Crippen LogP contribution in [-0.2, 0) is 19.1 Å². The van der Waals surface area contributed by atoms with Gasteiger partial charge in [0, 0.05) is 26.1 Å². The van der Waals surface area contributed by atoms with E-state index in [0.717, 1.165) is 6.21 Å². The third-order valence-electron chi connectivity index (χ3n) is 2.48. The zero-order chi connectivity index (χ0) is 14.9. The van der Waals surface area contributed by atoms with E-state index < -0.39 is 29.5 Å². The number of esters is 2. The van der Waals surface area contributed by atoms with Crippen molar-refractivity contribution in [2.45, 2.75) is 19.6 Å². The molecule has 106 valence electrons. The standard InChI is InChI=1S/C13H11BrFNO4/c1-13(2)19-11(17)8(12(18)20-13)6-16-7-3-4-9(14)10(15)5-7/h3-6,8H,1-2H3. The van der Waals surface area contributed by atoms with Crippen LogP contribution in [0.25, 0.3) is 0 Å². The first-order chi connectivity index (χ1) is 9.28.